The topological polar surface area (TPSA) is 136 Å². The molecule has 9 nitrogen and oxygen atoms in total. The first-order valence-corrected chi connectivity index (χ1v) is 7.73. The van der Waals surface area contributed by atoms with Crippen LogP contribution in [0.5, 0.6) is 0 Å². The molecule has 0 spiro atoms. The van der Waals surface area contributed by atoms with E-state index in [0.29, 0.717) is 17.5 Å². The zero-order valence-corrected chi connectivity index (χ0v) is 13.6. The monoisotopic (exact) mass is 349 g/mol. The molecule has 1 heterocycles. The van der Waals surface area contributed by atoms with E-state index in [-0.39, 0.29) is 13.0 Å². The molecular weight excluding hydrogens is 330 g/mol. The predicted octanol–water partition coefficient (Wildman–Crippen LogP) is 1.36. The van der Waals surface area contributed by atoms with Crippen LogP contribution in [0.15, 0.2) is 24.3 Å². The third-order valence-electron chi connectivity index (χ3n) is 3.93. The van der Waals surface area contributed by atoms with Crippen LogP contribution in [-0.2, 0) is 0 Å². The van der Waals surface area contributed by atoms with Gasteiger partial charge in [-0.05, 0) is 31.9 Å². The van der Waals surface area contributed by atoms with Gasteiger partial charge in [0.2, 0.25) is 0 Å². The molecule has 1 unspecified atom stereocenters. The van der Waals surface area contributed by atoms with Crippen molar-refractivity contribution in [3.63, 3.8) is 0 Å². The molecule has 0 aliphatic carbocycles. The van der Waals surface area contributed by atoms with E-state index >= 15 is 0 Å². The average molecular weight is 349 g/mol. The Balaban J connectivity index is 2.05. The van der Waals surface area contributed by atoms with Gasteiger partial charge in [0.15, 0.2) is 0 Å². The van der Waals surface area contributed by atoms with Crippen LogP contribution in [0.2, 0.25) is 0 Å². The number of fused-ring (bicyclic) bond motifs is 1. The van der Waals surface area contributed by atoms with Crippen molar-refractivity contribution in [1.82, 2.24) is 15.5 Å². The molecule has 2 atom stereocenters. The summed E-state index contributed by atoms with van der Waals surface area (Å²) in [6.45, 7) is 1.53. The SMILES string of the molecule is CC(CC[C@@H](CN1C(=O)c2ccccc2C1=O)NC(=O)O)NC(=O)O. The summed E-state index contributed by atoms with van der Waals surface area (Å²) >= 11 is 0. The number of imide groups is 1. The van der Waals surface area contributed by atoms with Gasteiger partial charge in [0.25, 0.3) is 11.8 Å². The summed E-state index contributed by atoms with van der Waals surface area (Å²) in [4.78, 5) is 47.3. The van der Waals surface area contributed by atoms with E-state index < -0.39 is 36.1 Å². The molecule has 1 aliphatic heterocycles. The molecule has 0 bridgehead atoms. The fourth-order valence-corrected chi connectivity index (χ4v) is 2.74. The summed E-state index contributed by atoms with van der Waals surface area (Å²) in [7, 11) is 0. The molecule has 0 aromatic heterocycles. The second-order valence-corrected chi connectivity index (χ2v) is 5.84. The van der Waals surface area contributed by atoms with Gasteiger partial charge in [-0.3, -0.25) is 14.5 Å². The van der Waals surface area contributed by atoms with Crippen LogP contribution in [0.1, 0.15) is 40.5 Å². The predicted molar refractivity (Wildman–Crippen MR) is 86.6 cm³/mol. The Morgan fingerprint density at radius 2 is 1.52 bits per heavy atom. The number of hydrogen-bond acceptors (Lipinski definition) is 4. The zero-order chi connectivity index (χ0) is 18.6. The van der Waals surface area contributed by atoms with Gasteiger partial charge in [-0.25, -0.2) is 9.59 Å². The Hall–Kier alpha value is -3.10. The fourth-order valence-electron chi connectivity index (χ4n) is 2.74. The summed E-state index contributed by atoms with van der Waals surface area (Å²) in [5.74, 6) is -0.927. The summed E-state index contributed by atoms with van der Waals surface area (Å²) in [5, 5.41) is 22.2. The molecule has 4 amide bonds. The van der Waals surface area contributed by atoms with Gasteiger partial charge in [0, 0.05) is 12.6 Å². The van der Waals surface area contributed by atoms with Crippen molar-refractivity contribution in [3.05, 3.63) is 35.4 Å². The van der Waals surface area contributed by atoms with Crippen molar-refractivity contribution in [2.24, 2.45) is 0 Å². The van der Waals surface area contributed by atoms with Crippen LogP contribution < -0.4 is 10.6 Å². The van der Waals surface area contributed by atoms with Crippen molar-refractivity contribution < 1.29 is 29.4 Å². The highest BCUT2D eigenvalue weighted by Crippen LogP contribution is 2.23. The highest BCUT2D eigenvalue weighted by atomic mass is 16.4. The number of carboxylic acid groups (broad SMARTS) is 2. The van der Waals surface area contributed by atoms with E-state index in [1.54, 1.807) is 31.2 Å². The Bertz CT molecular complexity index is 670. The van der Waals surface area contributed by atoms with Crippen LogP contribution in [0.3, 0.4) is 0 Å². The van der Waals surface area contributed by atoms with E-state index in [9.17, 15) is 19.2 Å². The average Bonchev–Trinajstić information content (AvgIpc) is 2.77. The molecular formula is C16H19N3O6. The Morgan fingerprint density at radius 1 is 1.00 bits per heavy atom. The first-order valence-electron chi connectivity index (χ1n) is 7.73. The maximum Gasteiger partial charge on any atom is 0.404 e. The van der Waals surface area contributed by atoms with Gasteiger partial charge in [0.1, 0.15) is 0 Å². The molecule has 0 fully saturated rings. The van der Waals surface area contributed by atoms with E-state index in [2.05, 4.69) is 10.6 Å². The van der Waals surface area contributed by atoms with Crippen LogP contribution in [0.25, 0.3) is 0 Å². The lowest BCUT2D eigenvalue weighted by atomic mass is 10.1. The number of rotatable bonds is 7. The number of benzene rings is 1. The van der Waals surface area contributed by atoms with E-state index in [1.807, 2.05) is 0 Å². The molecule has 25 heavy (non-hydrogen) atoms. The summed E-state index contributed by atoms with van der Waals surface area (Å²) in [6, 6.07) is 5.32. The van der Waals surface area contributed by atoms with Crippen molar-refractivity contribution in [2.75, 3.05) is 6.54 Å². The maximum absolute atomic E-state index is 12.4. The fraction of sp³-hybridized carbons (Fsp3) is 0.375. The van der Waals surface area contributed by atoms with Gasteiger partial charge in [-0.2, -0.15) is 0 Å². The Labute approximate surface area is 143 Å². The lowest BCUT2D eigenvalue weighted by molar-refractivity contribution is 0.0633. The second kappa shape index (κ2) is 7.65. The number of carbonyl (C=O) groups excluding carboxylic acids is 2. The third-order valence-corrected chi connectivity index (χ3v) is 3.93. The minimum absolute atomic E-state index is 0.113. The molecule has 2 rings (SSSR count). The van der Waals surface area contributed by atoms with Gasteiger partial charge in [-0.15, -0.1) is 0 Å². The summed E-state index contributed by atoms with van der Waals surface area (Å²) in [5.41, 5.74) is 0.588. The molecule has 1 aromatic carbocycles. The maximum atomic E-state index is 12.4. The standard InChI is InChI=1S/C16H19N3O6/c1-9(17-15(22)23)6-7-10(18-16(24)25)8-19-13(20)11-4-2-3-5-12(11)14(19)21/h2-5,9-10,17-18H,6-8H2,1H3,(H,22,23)(H,24,25)/t9?,10-/m0/s1. The van der Waals surface area contributed by atoms with Crippen LogP contribution in [0.4, 0.5) is 9.59 Å². The third kappa shape index (κ3) is 4.46. The second-order valence-electron chi connectivity index (χ2n) is 5.84. The smallest absolute Gasteiger partial charge is 0.404 e. The highest BCUT2D eigenvalue weighted by molar-refractivity contribution is 6.21. The van der Waals surface area contributed by atoms with Gasteiger partial charge in [-0.1, -0.05) is 12.1 Å². The Kier molecular flexibility index (Phi) is 5.58. The molecule has 4 N–H and O–H groups in total. The lowest BCUT2D eigenvalue weighted by Crippen LogP contribution is -2.46. The molecule has 0 saturated heterocycles. The number of amides is 4. The van der Waals surface area contributed by atoms with Crippen molar-refractivity contribution in [3.8, 4) is 0 Å². The normalized spacial score (nSPS) is 15.5. The first-order chi connectivity index (χ1) is 11.8. The molecule has 1 aliphatic rings. The summed E-state index contributed by atoms with van der Waals surface area (Å²) < 4.78 is 0. The van der Waals surface area contributed by atoms with Gasteiger partial charge < -0.3 is 20.8 Å². The number of nitrogens with one attached hydrogen (secondary N) is 2. The lowest BCUT2D eigenvalue weighted by Gasteiger charge is -2.23. The van der Waals surface area contributed by atoms with Crippen LogP contribution in [-0.4, -0.2) is 57.7 Å². The van der Waals surface area contributed by atoms with E-state index in [1.165, 1.54) is 0 Å². The quantitative estimate of drug-likeness (QED) is 0.549. The van der Waals surface area contributed by atoms with Crippen molar-refractivity contribution in [1.29, 1.82) is 0 Å². The van der Waals surface area contributed by atoms with Crippen molar-refractivity contribution in [2.45, 2.75) is 31.8 Å². The largest absolute Gasteiger partial charge is 0.465 e. The van der Waals surface area contributed by atoms with Crippen LogP contribution in [0, 0.1) is 0 Å². The zero-order valence-electron chi connectivity index (χ0n) is 13.6. The van der Waals surface area contributed by atoms with E-state index in [4.69, 9.17) is 10.2 Å². The summed E-state index contributed by atoms with van der Waals surface area (Å²) in [6.07, 6.45) is -1.84. The number of hydrogen-bond donors (Lipinski definition) is 4. The first kappa shape index (κ1) is 18.2. The van der Waals surface area contributed by atoms with Gasteiger partial charge >= 0.3 is 12.2 Å². The van der Waals surface area contributed by atoms with Crippen LogP contribution >= 0.6 is 0 Å². The van der Waals surface area contributed by atoms with Crippen molar-refractivity contribution >= 4 is 24.0 Å². The highest BCUT2D eigenvalue weighted by Gasteiger charge is 2.36. The van der Waals surface area contributed by atoms with E-state index in [0.717, 1.165) is 4.90 Å². The molecule has 0 radical (unpaired) electrons. The minimum Gasteiger partial charge on any atom is -0.465 e. The number of nitrogens with zero attached hydrogens (tertiary/aromatic N) is 1. The minimum atomic E-state index is -1.28. The molecule has 0 saturated carbocycles. The Morgan fingerprint density at radius 3 is 2.00 bits per heavy atom. The molecule has 1 aromatic rings. The molecule has 134 valence electrons. The van der Waals surface area contributed by atoms with Gasteiger partial charge in [0.05, 0.1) is 17.2 Å². The molecule has 9 heteroatoms. The number of carbonyl (C=O) groups is 4.